The van der Waals surface area contributed by atoms with Crippen LogP contribution in [0.15, 0.2) is 23.1 Å². The van der Waals surface area contributed by atoms with Crippen molar-refractivity contribution in [3.63, 3.8) is 0 Å². The highest BCUT2D eigenvalue weighted by molar-refractivity contribution is 7.85. The summed E-state index contributed by atoms with van der Waals surface area (Å²) in [5.74, 6) is 1.60. The van der Waals surface area contributed by atoms with Crippen molar-refractivity contribution in [2.75, 3.05) is 12.9 Å². The molecule has 18 heavy (non-hydrogen) atoms. The maximum absolute atomic E-state index is 12.2. The Bertz CT molecular complexity index is 445. The normalized spacial score (nSPS) is 23.6. The van der Waals surface area contributed by atoms with Gasteiger partial charge in [-0.2, -0.15) is 0 Å². The predicted molar refractivity (Wildman–Crippen MR) is 74.5 cm³/mol. The molecule has 4 heteroatoms. The fraction of sp³-hybridized carbons (Fsp3) is 0.571. The van der Waals surface area contributed by atoms with Crippen molar-refractivity contribution in [1.29, 1.82) is 0 Å². The number of methoxy groups -OCH3 is 1. The maximum Gasteiger partial charge on any atom is 0.119 e. The number of hydrogen-bond acceptors (Lipinski definition) is 3. The number of benzene rings is 1. The van der Waals surface area contributed by atoms with Gasteiger partial charge in [0.15, 0.2) is 0 Å². The molecule has 2 unspecified atom stereocenters. The molecular formula is C14H21NO2S. The van der Waals surface area contributed by atoms with Crippen LogP contribution in [0, 0.1) is 0 Å². The molecule has 0 amide bonds. The van der Waals surface area contributed by atoms with Crippen LogP contribution in [-0.2, 0) is 10.8 Å². The van der Waals surface area contributed by atoms with E-state index >= 15 is 0 Å². The summed E-state index contributed by atoms with van der Waals surface area (Å²) in [5, 5.41) is 3.56. The van der Waals surface area contributed by atoms with E-state index in [1.54, 1.807) is 7.11 Å². The number of fused-ring (bicyclic) bond motifs is 1. The van der Waals surface area contributed by atoms with Gasteiger partial charge in [0.25, 0.3) is 0 Å². The van der Waals surface area contributed by atoms with Crippen molar-refractivity contribution in [1.82, 2.24) is 5.32 Å². The molecule has 1 N–H and O–H groups in total. The van der Waals surface area contributed by atoms with Crippen molar-refractivity contribution in [2.24, 2.45) is 0 Å². The van der Waals surface area contributed by atoms with Crippen LogP contribution in [0.5, 0.6) is 5.75 Å². The first-order chi connectivity index (χ1) is 8.61. The molecule has 0 aromatic heterocycles. The Hall–Kier alpha value is -0.870. The van der Waals surface area contributed by atoms with Crippen LogP contribution in [0.25, 0.3) is 0 Å². The Balaban J connectivity index is 2.41. The van der Waals surface area contributed by atoms with E-state index in [1.165, 1.54) is 0 Å². The zero-order chi connectivity index (χ0) is 13.1. The summed E-state index contributed by atoms with van der Waals surface area (Å²) in [5.41, 5.74) is 1.14. The third-order valence-electron chi connectivity index (χ3n) is 3.19. The molecule has 0 saturated carbocycles. The predicted octanol–water partition coefficient (Wildman–Crippen LogP) is 2.64. The molecule has 1 aromatic carbocycles. The highest BCUT2D eigenvalue weighted by Gasteiger charge is 2.23. The van der Waals surface area contributed by atoms with Crippen LogP contribution in [-0.4, -0.2) is 23.1 Å². The molecule has 0 saturated heterocycles. The summed E-state index contributed by atoms with van der Waals surface area (Å²) in [6.07, 6.45) is 2.03. The van der Waals surface area contributed by atoms with Gasteiger partial charge in [-0.25, -0.2) is 0 Å². The molecule has 1 heterocycles. The second kappa shape index (κ2) is 5.85. The summed E-state index contributed by atoms with van der Waals surface area (Å²) in [4.78, 5) is 0.964. The van der Waals surface area contributed by atoms with Crippen molar-refractivity contribution in [3.05, 3.63) is 23.8 Å². The lowest BCUT2D eigenvalue weighted by Gasteiger charge is -2.22. The van der Waals surface area contributed by atoms with Crippen molar-refractivity contribution < 1.29 is 8.95 Å². The van der Waals surface area contributed by atoms with Crippen LogP contribution >= 0.6 is 0 Å². The van der Waals surface area contributed by atoms with E-state index in [1.807, 2.05) is 18.2 Å². The molecule has 1 aromatic rings. The van der Waals surface area contributed by atoms with Gasteiger partial charge in [-0.3, -0.25) is 4.21 Å². The van der Waals surface area contributed by atoms with Crippen molar-refractivity contribution >= 4 is 10.8 Å². The molecule has 1 aliphatic heterocycles. The Morgan fingerprint density at radius 1 is 1.44 bits per heavy atom. The second-order valence-corrected chi connectivity index (χ2v) is 6.51. The lowest BCUT2D eigenvalue weighted by molar-refractivity contribution is 0.408. The van der Waals surface area contributed by atoms with E-state index < -0.39 is 10.8 Å². The molecule has 3 nitrogen and oxygen atoms in total. The molecule has 0 aliphatic carbocycles. The minimum Gasteiger partial charge on any atom is -0.497 e. The number of ether oxygens (including phenoxy) is 1. The lowest BCUT2D eigenvalue weighted by Crippen LogP contribution is -2.28. The van der Waals surface area contributed by atoms with Gasteiger partial charge in [-0.05, 0) is 36.6 Å². The average Bonchev–Trinajstić information content (AvgIpc) is 2.49. The Labute approximate surface area is 111 Å². The van der Waals surface area contributed by atoms with Crippen LogP contribution in [0.1, 0.15) is 38.3 Å². The SMILES string of the molecule is COc1ccc2c(c1)C(NC(C)C)CCCS2=O. The second-order valence-electron chi connectivity index (χ2n) is 4.97. The van der Waals surface area contributed by atoms with Gasteiger partial charge in [-0.15, -0.1) is 0 Å². The highest BCUT2D eigenvalue weighted by Crippen LogP contribution is 2.32. The standard InChI is InChI=1S/C14H21NO2S/c1-10(2)15-13-5-4-8-18(16)14-7-6-11(17-3)9-12(13)14/h6-7,9-10,13,15H,4-5,8H2,1-3H3. The topological polar surface area (TPSA) is 38.3 Å². The Morgan fingerprint density at radius 3 is 2.89 bits per heavy atom. The minimum absolute atomic E-state index is 0.279. The first-order valence-electron chi connectivity index (χ1n) is 6.44. The van der Waals surface area contributed by atoms with Gasteiger partial charge in [-0.1, -0.05) is 13.8 Å². The first-order valence-corrected chi connectivity index (χ1v) is 7.76. The molecular weight excluding hydrogens is 246 g/mol. The third kappa shape index (κ3) is 2.93. The quantitative estimate of drug-likeness (QED) is 0.915. The smallest absolute Gasteiger partial charge is 0.119 e. The molecule has 0 fully saturated rings. The number of rotatable bonds is 3. The van der Waals surface area contributed by atoms with Crippen LogP contribution in [0.4, 0.5) is 0 Å². The van der Waals surface area contributed by atoms with E-state index in [2.05, 4.69) is 19.2 Å². The number of hydrogen-bond donors (Lipinski definition) is 1. The molecule has 1 aliphatic rings. The van der Waals surface area contributed by atoms with Crippen molar-refractivity contribution in [2.45, 2.75) is 43.7 Å². The fourth-order valence-electron chi connectivity index (χ4n) is 2.39. The van der Waals surface area contributed by atoms with Gasteiger partial charge in [0, 0.05) is 22.7 Å². The summed E-state index contributed by atoms with van der Waals surface area (Å²) in [6.45, 7) is 4.28. The molecule has 0 radical (unpaired) electrons. The third-order valence-corrected chi connectivity index (χ3v) is 4.72. The van der Waals surface area contributed by atoms with Gasteiger partial charge in [0.05, 0.1) is 17.9 Å². The van der Waals surface area contributed by atoms with E-state index in [9.17, 15) is 4.21 Å². The highest BCUT2D eigenvalue weighted by atomic mass is 32.2. The van der Waals surface area contributed by atoms with E-state index in [4.69, 9.17) is 4.74 Å². The Morgan fingerprint density at radius 2 is 2.22 bits per heavy atom. The average molecular weight is 267 g/mol. The molecule has 0 bridgehead atoms. The lowest BCUT2D eigenvalue weighted by atomic mass is 10.0. The minimum atomic E-state index is -0.874. The summed E-state index contributed by atoms with van der Waals surface area (Å²) in [7, 11) is 0.793. The zero-order valence-electron chi connectivity index (χ0n) is 11.2. The molecule has 0 spiro atoms. The molecule has 100 valence electrons. The monoisotopic (exact) mass is 267 g/mol. The van der Waals surface area contributed by atoms with E-state index in [-0.39, 0.29) is 6.04 Å². The zero-order valence-corrected chi connectivity index (χ0v) is 12.0. The maximum atomic E-state index is 12.2. The van der Waals surface area contributed by atoms with Gasteiger partial charge in [0.2, 0.25) is 0 Å². The van der Waals surface area contributed by atoms with Gasteiger partial charge in [0.1, 0.15) is 5.75 Å². The van der Waals surface area contributed by atoms with E-state index in [0.29, 0.717) is 6.04 Å². The summed E-state index contributed by atoms with van der Waals surface area (Å²) < 4.78 is 17.5. The number of nitrogens with one attached hydrogen (secondary N) is 1. The largest absolute Gasteiger partial charge is 0.497 e. The van der Waals surface area contributed by atoms with Crippen LogP contribution in [0.2, 0.25) is 0 Å². The molecule has 2 atom stereocenters. The van der Waals surface area contributed by atoms with Crippen LogP contribution in [0.3, 0.4) is 0 Å². The van der Waals surface area contributed by atoms with Gasteiger partial charge < -0.3 is 10.1 Å². The summed E-state index contributed by atoms with van der Waals surface area (Å²) >= 11 is 0. The van der Waals surface area contributed by atoms with E-state index in [0.717, 1.165) is 34.8 Å². The van der Waals surface area contributed by atoms with Crippen molar-refractivity contribution in [3.8, 4) is 5.75 Å². The molecule has 2 rings (SSSR count). The van der Waals surface area contributed by atoms with Gasteiger partial charge >= 0.3 is 0 Å². The van der Waals surface area contributed by atoms with Crippen LogP contribution < -0.4 is 10.1 Å². The fourth-order valence-corrected chi connectivity index (χ4v) is 3.73. The summed E-state index contributed by atoms with van der Waals surface area (Å²) in [6, 6.07) is 6.57. The first kappa shape index (κ1) is 13.6. The Kier molecular flexibility index (Phi) is 4.40.